The summed E-state index contributed by atoms with van der Waals surface area (Å²) in [5, 5.41) is 9.67. The van der Waals surface area contributed by atoms with E-state index in [1.54, 1.807) is 0 Å². The van der Waals surface area contributed by atoms with Crippen molar-refractivity contribution >= 4 is 11.9 Å². The molecule has 0 aromatic rings. The van der Waals surface area contributed by atoms with Crippen LogP contribution in [0, 0.1) is 0 Å². The van der Waals surface area contributed by atoms with Crippen molar-refractivity contribution in [1.29, 1.82) is 0 Å². The van der Waals surface area contributed by atoms with Gasteiger partial charge in [-0.05, 0) is 89.9 Å². The zero-order valence-electron chi connectivity index (χ0n) is 46.5. The van der Waals surface area contributed by atoms with Crippen molar-refractivity contribution in [3.8, 4) is 0 Å². The summed E-state index contributed by atoms with van der Waals surface area (Å²) in [4.78, 5) is 24.6. The lowest BCUT2D eigenvalue weighted by Crippen LogP contribution is -2.28. The molecule has 406 valence electrons. The minimum absolute atomic E-state index is 0.0673. The quantitative estimate of drug-likeness (QED) is 0.0373. The van der Waals surface area contributed by atoms with Crippen molar-refractivity contribution in [1.82, 2.24) is 0 Å². The first-order valence-corrected chi connectivity index (χ1v) is 30.5. The monoisotopic (exact) mass is 977 g/mol. The Labute approximate surface area is 435 Å². The number of esters is 2. The van der Waals surface area contributed by atoms with Crippen LogP contribution >= 0.6 is 0 Å². The highest BCUT2D eigenvalue weighted by Crippen LogP contribution is 2.16. The first-order chi connectivity index (χ1) is 34.6. The van der Waals surface area contributed by atoms with Crippen molar-refractivity contribution in [2.75, 3.05) is 13.2 Å². The second kappa shape index (κ2) is 60.6. The zero-order chi connectivity index (χ0) is 50.6. The van der Waals surface area contributed by atoms with Crippen LogP contribution in [0.5, 0.6) is 0 Å². The van der Waals surface area contributed by atoms with Crippen molar-refractivity contribution in [3.05, 3.63) is 72.9 Å². The van der Waals surface area contributed by atoms with E-state index in [9.17, 15) is 14.7 Å². The van der Waals surface area contributed by atoms with Gasteiger partial charge in [0.1, 0.15) is 6.61 Å². The molecule has 0 amide bonds. The summed E-state index contributed by atoms with van der Waals surface area (Å²) in [6.07, 6.45) is 83.1. The summed E-state index contributed by atoms with van der Waals surface area (Å²) in [6, 6.07) is 0. The molecule has 0 radical (unpaired) electrons. The number of allylic oxidation sites excluding steroid dienone is 12. The Morgan fingerprint density at radius 2 is 0.571 bits per heavy atom. The summed E-state index contributed by atoms with van der Waals surface area (Å²) >= 11 is 0. The molecule has 0 aromatic carbocycles. The van der Waals surface area contributed by atoms with E-state index in [4.69, 9.17) is 9.47 Å². The third-order valence-electron chi connectivity index (χ3n) is 13.5. The van der Waals surface area contributed by atoms with Gasteiger partial charge in [-0.3, -0.25) is 9.59 Å². The fraction of sp³-hybridized carbons (Fsp3) is 0.785. The van der Waals surface area contributed by atoms with Gasteiger partial charge in [-0.25, -0.2) is 0 Å². The number of hydrogen-bond donors (Lipinski definition) is 1. The first kappa shape index (κ1) is 67.3. The number of aliphatic hydroxyl groups excluding tert-OH is 1. The molecule has 0 aliphatic rings. The Kier molecular flexibility index (Phi) is 58.3. The highest BCUT2D eigenvalue weighted by molar-refractivity contribution is 5.70. The summed E-state index contributed by atoms with van der Waals surface area (Å²) in [7, 11) is 0. The average molecular weight is 978 g/mol. The second-order valence-electron chi connectivity index (χ2n) is 20.4. The predicted molar refractivity (Wildman–Crippen MR) is 306 cm³/mol. The Morgan fingerprint density at radius 1 is 0.329 bits per heavy atom. The fourth-order valence-corrected chi connectivity index (χ4v) is 8.87. The molecule has 0 aliphatic heterocycles. The normalized spacial score (nSPS) is 12.7. The number of carbonyl (C=O) groups is 2. The Morgan fingerprint density at radius 3 is 0.857 bits per heavy atom. The van der Waals surface area contributed by atoms with E-state index in [1.807, 2.05) is 0 Å². The highest BCUT2D eigenvalue weighted by atomic mass is 16.6. The van der Waals surface area contributed by atoms with Crippen LogP contribution in [0.4, 0.5) is 0 Å². The molecule has 0 aromatic heterocycles. The number of ether oxygens (including phenoxy) is 2. The fourth-order valence-electron chi connectivity index (χ4n) is 8.87. The van der Waals surface area contributed by atoms with Crippen LogP contribution in [0.3, 0.4) is 0 Å². The van der Waals surface area contributed by atoms with Gasteiger partial charge >= 0.3 is 11.9 Å². The van der Waals surface area contributed by atoms with Crippen LogP contribution in [0.15, 0.2) is 72.9 Å². The zero-order valence-corrected chi connectivity index (χ0v) is 46.5. The molecule has 0 rings (SSSR count). The SMILES string of the molecule is CCCCCCC/C=C\C/C=C\C/C=C\CCCCCCCCCCCCCCCCC(=O)OC(CO)COC(=O)CCCCCCCCCCCCCC/C=C\C/C=C\C/C=C\CCCCCCC. The molecule has 0 heterocycles. The predicted octanol–water partition coefficient (Wildman–Crippen LogP) is 20.8. The van der Waals surface area contributed by atoms with Crippen LogP contribution in [-0.2, 0) is 19.1 Å². The summed E-state index contributed by atoms with van der Waals surface area (Å²) < 4.78 is 10.7. The van der Waals surface area contributed by atoms with Crippen molar-refractivity contribution < 1.29 is 24.2 Å². The average Bonchev–Trinajstić information content (AvgIpc) is 3.36. The van der Waals surface area contributed by atoms with Crippen molar-refractivity contribution in [3.63, 3.8) is 0 Å². The van der Waals surface area contributed by atoms with Gasteiger partial charge in [-0.1, -0.05) is 279 Å². The third-order valence-corrected chi connectivity index (χ3v) is 13.5. The van der Waals surface area contributed by atoms with E-state index < -0.39 is 6.10 Å². The molecule has 1 unspecified atom stereocenters. The largest absolute Gasteiger partial charge is 0.462 e. The maximum atomic E-state index is 12.3. The lowest BCUT2D eigenvalue weighted by molar-refractivity contribution is -0.161. The number of aliphatic hydroxyl groups is 1. The molecule has 0 saturated heterocycles. The Balaban J connectivity index is 3.48. The maximum absolute atomic E-state index is 12.3. The molecule has 0 fully saturated rings. The van der Waals surface area contributed by atoms with Crippen LogP contribution in [0.25, 0.3) is 0 Å². The van der Waals surface area contributed by atoms with Gasteiger partial charge in [0.2, 0.25) is 0 Å². The minimum atomic E-state index is -0.777. The van der Waals surface area contributed by atoms with Crippen LogP contribution < -0.4 is 0 Å². The van der Waals surface area contributed by atoms with Crippen LogP contribution in [0.2, 0.25) is 0 Å². The maximum Gasteiger partial charge on any atom is 0.306 e. The molecule has 0 saturated carbocycles. The Hall–Kier alpha value is -2.66. The summed E-state index contributed by atoms with van der Waals surface area (Å²) in [5.74, 6) is -0.584. The second-order valence-corrected chi connectivity index (χ2v) is 20.4. The van der Waals surface area contributed by atoms with Gasteiger partial charge in [0.15, 0.2) is 6.10 Å². The number of unbranched alkanes of at least 4 members (excludes halogenated alkanes) is 36. The standard InChI is InChI=1S/C65H116O5/c1-3-5-7-9-11-13-15-17-19-21-23-25-27-29-31-32-34-36-38-40-42-44-46-48-50-52-54-56-58-60-65(68)70-63(61-66)62-69-64(67)59-57-55-53-51-49-47-45-43-41-39-37-35-33-30-28-26-24-22-20-18-16-14-12-10-8-6-4-2/h15-18,21-24,27-30,63,66H,3-14,19-20,25-26,31-62H2,1-2H3/b17-15-,18-16-,23-21-,24-22-,29-27-,30-28-. The highest BCUT2D eigenvalue weighted by Gasteiger charge is 2.16. The summed E-state index contributed by atoms with van der Waals surface area (Å²) in [6.45, 7) is 4.15. The van der Waals surface area contributed by atoms with Gasteiger partial charge in [-0.15, -0.1) is 0 Å². The molecule has 1 N–H and O–H groups in total. The van der Waals surface area contributed by atoms with Gasteiger partial charge in [0.25, 0.3) is 0 Å². The van der Waals surface area contributed by atoms with Crippen molar-refractivity contribution in [2.24, 2.45) is 0 Å². The van der Waals surface area contributed by atoms with Gasteiger partial charge < -0.3 is 14.6 Å². The molecular weight excluding hydrogens is 861 g/mol. The lowest BCUT2D eigenvalue weighted by atomic mass is 10.0. The van der Waals surface area contributed by atoms with E-state index in [1.165, 1.54) is 218 Å². The van der Waals surface area contributed by atoms with Gasteiger partial charge in [0.05, 0.1) is 6.61 Å². The topological polar surface area (TPSA) is 72.8 Å². The molecule has 0 bridgehead atoms. The molecule has 0 aliphatic carbocycles. The smallest absolute Gasteiger partial charge is 0.306 e. The number of rotatable bonds is 56. The molecule has 5 nitrogen and oxygen atoms in total. The molecule has 5 heteroatoms. The van der Waals surface area contributed by atoms with E-state index in [0.717, 1.165) is 64.2 Å². The molecular formula is C65H116O5. The van der Waals surface area contributed by atoms with Crippen LogP contribution in [-0.4, -0.2) is 36.4 Å². The van der Waals surface area contributed by atoms with Gasteiger partial charge in [-0.2, -0.15) is 0 Å². The van der Waals surface area contributed by atoms with Gasteiger partial charge in [0, 0.05) is 12.8 Å². The van der Waals surface area contributed by atoms with E-state index >= 15 is 0 Å². The Bertz CT molecular complexity index is 1240. The molecule has 70 heavy (non-hydrogen) atoms. The van der Waals surface area contributed by atoms with E-state index in [0.29, 0.717) is 12.8 Å². The lowest BCUT2D eigenvalue weighted by Gasteiger charge is -2.15. The minimum Gasteiger partial charge on any atom is -0.462 e. The summed E-state index contributed by atoms with van der Waals surface area (Å²) in [5.41, 5.74) is 0. The number of hydrogen-bond acceptors (Lipinski definition) is 5. The number of carbonyl (C=O) groups excluding carboxylic acids is 2. The third kappa shape index (κ3) is 57.9. The molecule has 1 atom stereocenters. The van der Waals surface area contributed by atoms with E-state index in [2.05, 4.69) is 86.8 Å². The van der Waals surface area contributed by atoms with E-state index in [-0.39, 0.29) is 25.2 Å². The van der Waals surface area contributed by atoms with Crippen LogP contribution in [0.1, 0.15) is 309 Å². The molecule has 0 spiro atoms. The first-order valence-electron chi connectivity index (χ1n) is 30.5. The van der Waals surface area contributed by atoms with Crippen molar-refractivity contribution in [2.45, 2.75) is 315 Å².